The Bertz CT molecular complexity index is 598. The van der Waals surface area contributed by atoms with Crippen LogP contribution in [-0.2, 0) is 11.3 Å². The van der Waals surface area contributed by atoms with Gasteiger partial charge in [-0.1, -0.05) is 43.7 Å². The van der Waals surface area contributed by atoms with Gasteiger partial charge in [0, 0.05) is 31.6 Å². The molecule has 6 heteroatoms. The number of guanidine groups is 1. The maximum atomic E-state index is 5.98. The van der Waals surface area contributed by atoms with E-state index >= 15 is 0 Å². The van der Waals surface area contributed by atoms with E-state index in [1.807, 2.05) is 6.07 Å². The van der Waals surface area contributed by atoms with E-state index in [0.717, 1.165) is 45.3 Å². The summed E-state index contributed by atoms with van der Waals surface area (Å²) in [5.41, 5.74) is 1.25. The Hall–Kier alpha value is -0.860. The highest BCUT2D eigenvalue weighted by molar-refractivity contribution is 14.0. The monoisotopic (exact) mass is 514 g/mol. The number of hydrogen-bond acceptors (Lipinski definition) is 3. The number of nitrogens with one attached hydrogen (secondary N) is 1. The zero-order valence-corrected chi connectivity index (χ0v) is 20.5. The van der Waals surface area contributed by atoms with Crippen molar-refractivity contribution in [3.8, 4) is 0 Å². The van der Waals surface area contributed by atoms with Crippen LogP contribution in [0.15, 0.2) is 35.3 Å². The van der Waals surface area contributed by atoms with E-state index < -0.39 is 0 Å². The minimum absolute atomic E-state index is 0. The summed E-state index contributed by atoms with van der Waals surface area (Å²) in [4.78, 5) is 10.1. The van der Waals surface area contributed by atoms with Gasteiger partial charge in [-0.3, -0.25) is 9.89 Å². The van der Waals surface area contributed by atoms with E-state index in [2.05, 4.69) is 53.2 Å². The summed E-state index contributed by atoms with van der Waals surface area (Å²) in [6.45, 7) is 12.3. The second-order valence-electron chi connectivity index (χ2n) is 8.07. The lowest BCUT2D eigenvalue weighted by Crippen LogP contribution is -2.44. The fourth-order valence-electron chi connectivity index (χ4n) is 4.38. The minimum atomic E-state index is 0. The van der Waals surface area contributed by atoms with Crippen molar-refractivity contribution in [1.29, 1.82) is 0 Å². The Labute approximate surface area is 194 Å². The second-order valence-corrected chi connectivity index (χ2v) is 8.07. The van der Waals surface area contributed by atoms with Gasteiger partial charge >= 0.3 is 0 Å². The van der Waals surface area contributed by atoms with E-state index in [-0.39, 0.29) is 24.0 Å². The van der Waals surface area contributed by atoms with Gasteiger partial charge in [-0.2, -0.15) is 0 Å². The van der Waals surface area contributed by atoms with Crippen LogP contribution in [0.5, 0.6) is 0 Å². The van der Waals surface area contributed by atoms with E-state index in [9.17, 15) is 0 Å². The standard InChI is InChI=1S/C23H38N4O.HI/c1-3-24-23(25-16-22-12-8-9-14-26(22)4-2)27-15-13-21(17-27)19-28-18-20-10-6-5-7-11-20;/h5-7,10-11,21-22H,3-4,8-9,12-19H2,1-2H3,(H,24,25);1H. The van der Waals surface area contributed by atoms with Gasteiger partial charge in [-0.15, -0.1) is 24.0 Å². The molecular weight excluding hydrogens is 475 g/mol. The molecule has 2 fully saturated rings. The molecule has 0 radical (unpaired) electrons. The van der Waals surface area contributed by atoms with Crippen LogP contribution >= 0.6 is 24.0 Å². The molecule has 0 aliphatic carbocycles. The third-order valence-corrected chi connectivity index (χ3v) is 5.99. The average molecular weight is 514 g/mol. The fourth-order valence-corrected chi connectivity index (χ4v) is 4.38. The number of halogens is 1. The predicted octanol–water partition coefficient (Wildman–Crippen LogP) is 3.98. The molecule has 29 heavy (non-hydrogen) atoms. The van der Waals surface area contributed by atoms with Crippen LogP contribution in [0.2, 0.25) is 0 Å². The van der Waals surface area contributed by atoms with Gasteiger partial charge in [0.1, 0.15) is 0 Å². The predicted molar refractivity (Wildman–Crippen MR) is 132 cm³/mol. The van der Waals surface area contributed by atoms with Gasteiger partial charge in [0.2, 0.25) is 0 Å². The highest BCUT2D eigenvalue weighted by Gasteiger charge is 2.26. The summed E-state index contributed by atoms with van der Waals surface area (Å²) in [5, 5.41) is 3.52. The zero-order valence-electron chi connectivity index (χ0n) is 18.2. The molecule has 0 spiro atoms. The maximum absolute atomic E-state index is 5.98. The third kappa shape index (κ3) is 7.72. The molecule has 5 nitrogen and oxygen atoms in total. The number of benzene rings is 1. The minimum Gasteiger partial charge on any atom is -0.376 e. The molecule has 2 unspecified atom stereocenters. The van der Waals surface area contributed by atoms with Gasteiger partial charge < -0.3 is 15.0 Å². The molecule has 164 valence electrons. The molecule has 0 bridgehead atoms. The van der Waals surface area contributed by atoms with Gasteiger partial charge in [0.25, 0.3) is 0 Å². The lowest BCUT2D eigenvalue weighted by molar-refractivity contribution is 0.0906. The van der Waals surface area contributed by atoms with Crippen LogP contribution in [0.25, 0.3) is 0 Å². The smallest absolute Gasteiger partial charge is 0.193 e. The molecule has 2 aliphatic heterocycles. The first-order chi connectivity index (χ1) is 13.8. The van der Waals surface area contributed by atoms with Crippen molar-refractivity contribution in [2.75, 3.05) is 45.9 Å². The molecule has 2 saturated heterocycles. The fraction of sp³-hybridized carbons (Fsp3) is 0.696. The molecule has 2 aliphatic rings. The van der Waals surface area contributed by atoms with Gasteiger partial charge in [-0.05, 0) is 44.8 Å². The number of nitrogens with zero attached hydrogens (tertiary/aromatic N) is 3. The highest BCUT2D eigenvalue weighted by Crippen LogP contribution is 2.19. The lowest BCUT2D eigenvalue weighted by atomic mass is 10.0. The number of likely N-dealkylation sites (tertiary alicyclic amines) is 2. The van der Waals surface area contributed by atoms with Crippen LogP contribution in [0.4, 0.5) is 0 Å². The maximum Gasteiger partial charge on any atom is 0.193 e. The zero-order chi connectivity index (χ0) is 19.6. The topological polar surface area (TPSA) is 40.1 Å². The first kappa shape index (κ1) is 24.4. The molecule has 1 aromatic carbocycles. The van der Waals surface area contributed by atoms with Crippen molar-refractivity contribution in [2.24, 2.45) is 10.9 Å². The summed E-state index contributed by atoms with van der Waals surface area (Å²) < 4.78 is 5.98. The normalized spacial score (nSPS) is 23.1. The Morgan fingerprint density at radius 1 is 1.14 bits per heavy atom. The second kappa shape index (κ2) is 13.4. The number of aliphatic imine (C=N–C) groups is 1. The quantitative estimate of drug-likeness (QED) is 0.324. The van der Waals surface area contributed by atoms with Crippen LogP contribution < -0.4 is 5.32 Å². The molecule has 3 rings (SSSR count). The summed E-state index contributed by atoms with van der Waals surface area (Å²) in [5.74, 6) is 1.68. The van der Waals surface area contributed by atoms with Crippen molar-refractivity contribution in [3.05, 3.63) is 35.9 Å². The Morgan fingerprint density at radius 3 is 2.72 bits per heavy atom. The van der Waals surface area contributed by atoms with Crippen molar-refractivity contribution in [1.82, 2.24) is 15.1 Å². The summed E-state index contributed by atoms with van der Waals surface area (Å²) in [6.07, 6.45) is 5.15. The number of ether oxygens (including phenoxy) is 1. The molecule has 1 N–H and O–H groups in total. The molecule has 2 atom stereocenters. The Balaban J connectivity index is 0.00000300. The van der Waals surface area contributed by atoms with Crippen molar-refractivity contribution in [3.63, 3.8) is 0 Å². The van der Waals surface area contributed by atoms with Gasteiger partial charge in [0.15, 0.2) is 5.96 Å². The first-order valence-electron chi connectivity index (χ1n) is 11.2. The van der Waals surface area contributed by atoms with Crippen molar-refractivity contribution < 1.29 is 4.74 Å². The number of hydrogen-bond donors (Lipinski definition) is 1. The summed E-state index contributed by atoms with van der Waals surface area (Å²) in [6, 6.07) is 11.1. The molecule has 0 amide bonds. The largest absolute Gasteiger partial charge is 0.376 e. The molecule has 1 aromatic rings. The van der Waals surface area contributed by atoms with Crippen LogP contribution in [0.3, 0.4) is 0 Å². The van der Waals surface area contributed by atoms with E-state index in [0.29, 0.717) is 18.6 Å². The Morgan fingerprint density at radius 2 is 1.97 bits per heavy atom. The number of likely N-dealkylation sites (N-methyl/N-ethyl adjacent to an activating group) is 1. The average Bonchev–Trinajstić information content (AvgIpc) is 3.21. The van der Waals surface area contributed by atoms with Crippen molar-refractivity contribution in [2.45, 2.75) is 52.2 Å². The van der Waals surface area contributed by atoms with Crippen molar-refractivity contribution >= 4 is 29.9 Å². The molecule has 0 aromatic heterocycles. The van der Waals surface area contributed by atoms with Crippen LogP contribution in [-0.4, -0.2) is 67.7 Å². The van der Waals surface area contributed by atoms with E-state index in [1.165, 1.54) is 37.8 Å². The summed E-state index contributed by atoms with van der Waals surface area (Å²) in [7, 11) is 0. The van der Waals surface area contributed by atoms with Crippen LogP contribution in [0, 0.1) is 5.92 Å². The van der Waals surface area contributed by atoms with Gasteiger partial charge in [-0.25, -0.2) is 0 Å². The van der Waals surface area contributed by atoms with Gasteiger partial charge in [0.05, 0.1) is 19.8 Å². The third-order valence-electron chi connectivity index (χ3n) is 5.99. The number of piperidine rings is 1. The first-order valence-corrected chi connectivity index (χ1v) is 11.2. The highest BCUT2D eigenvalue weighted by atomic mass is 127. The van der Waals surface area contributed by atoms with E-state index in [1.54, 1.807) is 0 Å². The molecule has 2 heterocycles. The Kier molecular flexibility index (Phi) is 11.3. The van der Waals surface area contributed by atoms with Crippen LogP contribution in [0.1, 0.15) is 45.1 Å². The summed E-state index contributed by atoms with van der Waals surface area (Å²) >= 11 is 0. The van der Waals surface area contributed by atoms with E-state index in [4.69, 9.17) is 9.73 Å². The molecule has 0 saturated carbocycles. The SMILES string of the molecule is CCNC(=NCC1CCCCN1CC)N1CCC(COCc2ccccc2)C1.I. The molecular formula is C23H39IN4O. The lowest BCUT2D eigenvalue weighted by Gasteiger charge is -2.34. The number of rotatable bonds is 8.